The maximum absolute atomic E-state index is 12.4. The lowest BCUT2D eigenvalue weighted by Crippen LogP contribution is -2.48. The minimum Gasteiger partial charge on any atom is -0.348 e. The summed E-state index contributed by atoms with van der Waals surface area (Å²) in [5.41, 5.74) is 3.34. The van der Waals surface area contributed by atoms with Crippen molar-refractivity contribution in [3.63, 3.8) is 0 Å². The highest BCUT2D eigenvalue weighted by molar-refractivity contribution is 7.07. The molecule has 1 fully saturated rings. The molecule has 150 valence electrons. The molecule has 3 rings (SSSR count). The van der Waals surface area contributed by atoms with Gasteiger partial charge in [-0.15, -0.1) is 11.3 Å². The van der Waals surface area contributed by atoms with Crippen molar-refractivity contribution in [2.75, 3.05) is 6.54 Å². The molecule has 28 heavy (non-hydrogen) atoms. The Morgan fingerprint density at radius 3 is 2.75 bits per heavy atom. The quantitative estimate of drug-likeness (QED) is 0.851. The first-order valence-electron chi connectivity index (χ1n) is 9.65. The average Bonchev–Trinajstić information content (AvgIpc) is 3.30. The lowest BCUT2D eigenvalue weighted by molar-refractivity contribution is 0.0757. The molecule has 2 aromatic heterocycles. The Hall–Kier alpha value is -2.24. The highest BCUT2D eigenvalue weighted by Gasteiger charge is 2.35. The van der Waals surface area contributed by atoms with Crippen molar-refractivity contribution in [1.29, 1.82) is 5.26 Å². The molecule has 3 heterocycles. The standard InChI is InChI=1S/C20H28N6OS/c1-13(2)25-7-6-15(23-19(27)16-11-28-12-22-16)8-17(25)18-14(9-21)10-26(24-18)20(3,4)5/h10-13,15,17H,6-8H2,1-5H3,(H,23,27). The highest BCUT2D eigenvalue weighted by Crippen LogP contribution is 2.34. The van der Waals surface area contributed by atoms with Gasteiger partial charge < -0.3 is 5.32 Å². The first-order valence-corrected chi connectivity index (χ1v) is 10.6. The Morgan fingerprint density at radius 1 is 1.43 bits per heavy atom. The molecule has 1 aliphatic rings. The summed E-state index contributed by atoms with van der Waals surface area (Å²) < 4.78 is 1.87. The number of rotatable bonds is 4. The molecule has 1 amide bonds. The van der Waals surface area contributed by atoms with E-state index in [9.17, 15) is 10.1 Å². The predicted octanol–water partition coefficient (Wildman–Crippen LogP) is 3.31. The Morgan fingerprint density at radius 2 is 2.18 bits per heavy atom. The summed E-state index contributed by atoms with van der Waals surface area (Å²) in [7, 11) is 0. The molecule has 8 heteroatoms. The highest BCUT2D eigenvalue weighted by atomic mass is 32.1. The maximum Gasteiger partial charge on any atom is 0.270 e. The van der Waals surface area contributed by atoms with Gasteiger partial charge in [0.05, 0.1) is 28.3 Å². The molecule has 7 nitrogen and oxygen atoms in total. The Bertz CT molecular complexity index is 858. The van der Waals surface area contributed by atoms with Gasteiger partial charge in [-0.2, -0.15) is 10.4 Å². The van der Waals surface area contributed by atoms with Crippen molar-refractivity contribution in [1.82, 2.24) is 25.0 Å². The number of hydrogen-bond acceptors (Lipinski definition) is 6. The van der Waals surface area contributed by atoms with Gasteiger partial charge >= 0.3 is 0 Å². The van der Waals surface area contributed by atoms with Gasteiger partial charge in [-0.25, -0.2) is 4.98 Å². The van der Waals surface area contributed by atoms with Gasteiger partial charge in [-0.3, -0.25) is 14.4 Å². The summed E-state index contributed by atoms with van der Waals surface area (Å²) in [5.74, 6) is -0.135. The lowest BCUT2D eigenvalue weighted by atomic mass is 9.92. The molecule has 2 aromatic rings. The van der Waals surface area contributed by atoms with Gasteiger partial charge in [0.1, 0.15) is 11.8 Å². The van der Waals surface area contributed by atoms with Crippen molar-refractivity contribution in [3.8, 4) is 6.07 Å². The Kier molecular flexibility index (Phi) is 5.87. The summed E-state index contributed by atoms with van der Waals surface area (Å²) >= 11 is 1.41. The second-order valence-corrected chi connectivity index (χ2v) is 9.29. The number of nitriles is 1. The number of piperidine rings is 1. The van der Waals surface area contributed by atoms with Crippen LogP contribution < -0.4 is 5.32 Å². The van der Waals surface area contributed by atoms with E-state index in [1.165, 1.54) is 11.3 Å². The summed E-state index contributed by atoms with van der Waals surface area (Å²) in [5, 5.41) is 19.4. The van der Waals surface area contributed by atoms with Gasteiger partial charge in [0.15, 0.2) is 0 Å². The second-order valence-electron chi connectivity index (χ2n) is 8.57. The van der Waals surface area contributed by atoms with Crippen LogP contribution in [0, 0.1) is 11.3 Å². The van der Waals surface area contributed by atoms with E-state index in [1.54, 1.807) is 10.9 Å². The van der Waals surface area contributed by atoms with Crippen molar-refractivity contribution in [2.24, 2.45) is 0 Å². The molecule has 0 radical (unpaired) electrons. The molecule has 1 aliphatic heterocycles. The number of nitrogens with zero attached hydrogens (tertiary/aromatic N) is 5. The number of carbonyl (C=O) groups excluding carboxylic acids is 1. The van der Waals surface area contributed by atoms with E-state index in [0.717, 1.165) is 25.1 Å². The molecule has 1 saturated heterocycles. The largest absolute Gasteiger partial charge is 0.348 e. The molecule has 0 bridgehead atoms. The fourth-order valence-electron chi connectivity index (χ4n) is 3.65. The summed E-state index contributed by atoms with van der Waals surface area (Å²) in [6.45, 7) is 11.4. The third-order valence-corrected chi connectivity index (χ3v) is 5.76. The predicted molar refractivity (Wildman–Crippen MR) is 109 cm³/mol. The maximum atomic E-state index is 12.4. The van der Waals surface area contributed by atoms with Gasteiger partial charge in [-0.1, -0.05) is 0 Å². The van der Waals surface area contributed by atoms with Crippen molar-refractivity contribution in [2.45, 2.75) is 71.1 Å². The number of thiazole rings is 1. The fraction of sp³-hybridized carbons (Fsp3) is 0.600. The van der Waals surface area contributed by atoms with Crippen LogP contribution in [0.15, 0.2) is 17.1 Å². The Balaban J connectivity index is 1.87. The molecular weight excluding hydrogens is 372 g/mol. The number of hydrogen-bond donors (Lipinski definition) is 1. The summed E-state index contributed by atoms with van der Waals surface area (Å²) in [6, 6.07) is 2.66. The van der Waals surface area contributed by atoms with Gasteiger partial charge in [-0.05, 0) is 47.5 Å². The molecule has 1 N–H and O–H groups in total. The van der Waals surface area contributed by atoms with Crippen molar-refractivity contribution in [3.05, 3.63) is 34.0 Å². The monoisotopic (exact) mass is 400 g/mol. The van der Waals surface area contributed by atoms with Crippen LogP contribution in [0.5, 0.6) is 0 Å². The van der Waals surface area contributed by atoms with Crippen LogP contribution in [0.4, 0.5) is 0 Å². The summed E-state index contributed by atoms with van der Waals surface area (Å²) in [4.78, 5) is 18.9. The van der Waals surface area contributed by atoms with E-state index >= 15 is 0 Å². The van der Waals surface area contributed by atoms with E-state index in [1.807, 2.05) is 10.9 Å². The normalized spacial score (nSPS) is 20.9. The van der Waals surface area contributed by atoms with Crippen LogP contribution in [-0.4, -0.2) is 44.2 Å². The smallest absolute Gasteiger partial charge is 0.270 e. The van der Waals surface area contributed by atoms with Crippen LogP contribution >= 0.6 is 11.3 Å². The first kappa shape index (κ1) is 20.5. The van der Waals surface area contributed by atoms with E-state index in [-0.39, 0.29) is 23.5 Å². The fourth-order valence-corrected chi connectivity index (χ4v) is 4.18. The van der Waals surface area contributed by atoms with Crippen LogP contribution in [0.25, 0.3) is 0 Å². The number of carbonyl (C=O) groups is 1. The first-order chi connectivity index (χ1) is 13.2. The number of likely N-dealkylation sites (tertiary alicyclic amines) is 1. The van der Waals surface area contributed by atoms with Crippen LogP contribution in [0.3, 0.4) is 0 Å². The minimum absolute atomic E-state index is 0.00673. The van der Waals surface area contributed by atoms with Crippen molar-refractivity contribution < 1.29 is 4.79 Å². The SMILES string of the molecule is CC(C)N1CCC(NC(=O)c2cscn2)CC1c1nn(C(C)(C)C)cc1C#N. The minimum atomic E-state index is -0.195. The van der Waals surface area contributed by atoms with Crippen LogP contribution in [0.1, 0.15) is 75.2 Å². The average molecular weight is 401 g/mol. The molecule has 0 aromatic carbocycles. The van der Waals surface area contributed by atoms with E-state index in [4.69, 9.17) is 5.10 Å². The van der Waals surface area contributed by atoms with Crippen LogP contribution in [0.2, 0.25) is 0 Å². The summed E-state index contributed by atoms with van der Waals surface area (Å²) in [6.07, 6.45) is 3.43. The molecule has 2 atom stereocenters. The number of nitrogens with one attached hydrogen (secondary N) is 1. The molecular formula is C20H28N6OS. The van der Waals surface area contributed by atoms with Crippen LogP contribution in [-0.2, 0) is 5.54 Å². The zero-order valence-electron chi connectivity index (χ0n) is 17.1. The Labute approximate surface area is 170 Å². The van der Waals surface area contributed by atoms with E-state index < -0.39 is 0 Å². The van der Waals surface area contributed by atoms with Gasteiger partial charge in [0.2, 0.25) is 0 Å². The zero-order valence-corrected chi connectivity index (χ0v) is 18.0. The van der Waals surface area contributed by atoms with E-state index in [2.05, 4.69) is 55.9 Å². The third kappa shape index (κ3) is 4.26. The zero-order chi connectivity index (χ0) is 20.5. The van der Waals surface area contributed by atoms with Crippen molar-refractivity contribution >= 4 is 17.2 Å². The molecule has 0 saturated carbocycles. The van der Waals surface area contributed by atoms with Gasteiger partial charge in [0.25, 0.3) is 5.91 Å². The molecule has 0 spiro atoms. The number of aromatic nitrogens is 3. The molecule has 0 aliphatic carbocycles. The number of amides is 1. The second kappa shape index (κ2) is 8.02. The lowest BCUT2D eigenvalue weighted by Gasteiger charge is -2.41. The topological polar surface area (TPSA) is 86.8 Å². The van der Waals surface area contributed by atoms with E-state index in [0.29, 0.717) is 17.3 Å². The molecule has 2 unspecified atom stereocenters. The third-order valence-electron chi connectivity index (χ3n) is 5.17. The van der Waals surface area contributed by atoms with Gasteiger partial charge in [0, 0.05) is 30.2 Å².